The summed E-state index contributed by atoms with van der Waals surface area (Å²) in [5, 5.41) is 31.2. The van der Waals surface area contributed by atoms with Crippen molar-refractivity contribution in [3.8, 4) is 16.9 Å². The van der Waals surface area contributed by atoms with Crippen molar-refractivity contribution >= 4 is 11.9 Å². The minimum Gasteiger partial charge on any atom is -0.508 e. The molecule has 0 saturated heterocycles. The maximum Gasteiger partial charge on any atom is 0.304 e. The van der Waals surface area contributed by atoms with Crippen molar-refractivity contribution in [1.82, 2.24) is 5.32 Å². The average Bonchev–Trinajstić information content (AvgIpc) is 2.85. The van der Waals surface area contributed by atoms with Crippen LogP contribution in [0.25, 0.3) is 11.1 Å². The van der Waals surface area contributed by atoms with Gasteiger partial charge in [-0.2, -0.15) is 0 Å². The molecule has 0 radical (unpaired) electrons. The predicted octanol–water partition coefficient (Wildman–Crippen LogP) is 4.19. The second-order valence-electron chi connectivity index (χ2n) is 8.51. The van der Waals surface area contributed by atoms with Gasteiger partial charge in [0.1, 0.15) is 5.75 Å². The molecule has 34 heavy (non-hydrogen) atoms. The minimum atomic E-state index is -1.02. The van der Waals surface area contributed by atoms with Crippen molar-refractivity contribution in [2.45, 2.75) is 38.1 Å². The molecule has 4 N–H and O–H groups in total. The molecule has 0 bridgehead atoms. The van der Waals surface area contributed by atoms with Crippen LogP contribution in [0.2, 0.25) is 0 Å². The molecule has 0 heterocycles. The lowest BCUT2D eigenvalue weighted by Gasteiger charge is -2.21. The van der Waals surface area contributed by atoms with Gasteiger partial charge in [0.15, 0.2) is 0 Å². The second kappa shape index (κ2) is 12.6. The number of phenolic OH excluding ortho intramolecular Hbond substituents is 1. The third kappa shape index (κ3) is 7.74. The number of rotatable bonds is 12. The van der Waals surface area contributed by atoms with E-state index in [1.54, 1.807) is 24.3 Å². The second-order valence-corrected chi connectivity index (χ2v) is 8.51. The lowest BCUT2D eigenvalue weighted by atomic mass is 9.94. The number of nitrogens with one attached hydrogen (secondary N) is 1. The summed E-state index contributed by atoms with van der Waals surface area (Å²) in [6.45, 7) is -0.264. The summed E-state index contributed by atoms with van der Waals surface area (Å²) in [7, 11) is 0. The maximum absolute atomic E-state index is 12.8. The first kappa shape index (κ1) is 25.0. The Morgan fingerprint density at radius 2 is 1.44 bits per heavy atom. The van der Waals surface area contributed by atoms with Gasteiger partial charge >= 0.3 is 5.97 Å². The molecule has 0 spiro atoms. The molecule has 0 aliphatic heterocycles. The minimum absolute atomic E-state index is 0.143. The number of aliphatic hydroxyl groups is 1. The summed E-state index contributed by atoms with van der Waals surface area (Å²) < 4.78 is 0. The normalized spacial score (nSPS) is 12.6. The number of aliphatic carboxylic acids is 1. The molecule has 0 aromatic heterocycles. The van der Waals surface area contributed by atoms with Crippen LogP contribution in [0.15, 0.2) is 78.9 Å². The number of aromatic hydroxyl groups is 1. The Balaban J connectivity index is 1.54. The topological polar surface area (TPSA) is 107 Å². The number of phenols is 1. The van der Waals surface area contributed by atoms with E-state index in [9.17, 15) is 24.9 Å². The summed E-state index contributed by atoms with van der Waals surface area (Å²) in [4.78, 5) is 24.2. The van der Waals surface area contributed by atoms with Gasteiger partial charge < -0.3 is 20.6 Å². The molecule has 2 atom stereocenters. The van der Waals surface area contributed by atoms with E-state index in [4.69, 9.17) is 0 Å². The zero-order valence-corrected chi connectivity index (χ0v) is 19.1. The van der Waals surface area contributed by atoms with E-state index in [1.807, 2.05) is 18.2 Å². The van der Waals surface area contributed by atoms with Gasteiger partial charge in [0, 0.05) is 5.92 Å². The SMILES string of the molecule is O=C(O)CC(CCCc1ccc(-c2ccccc2)cc1)C(=O)N[C@@H](CO)Cc1ccc(O)cc1. The van der Waals surface area contributed by atoms with Gasteiger partial charge in [0.25, 0.3) is 0 Å². The molecule has 178 valence electrons. The highest BCUT2D eigenvalue weighted by Gasteiger charge is 2.24. The van der Waals surface area contributed by atoms with E-state index in [2.05, 4.69) is 41.7 Å². The Kier molecular flexibility index (Phi) is 9.23. The molecule has 3 aromatic rings. The maximum atomic E-state index is 12.8. The number of carboxylic acid groups (broad SMARTS) is 1. The largest absolute Gasteiger partial charge is 0.508 e. The molecule has 0 aliphatic rings. The number of aliphatic hydroxyl groups excluding tert-OH is 1. The average molecular weight is 462 g/mol. The number of hydrogen-bond acceptors (Lipinski definition) is 4. The number of hydrogen-bond donors (Lipinski definition) is 4. The number of carboxylic acids is 1. The van der Waals surface area contributed by atoms with Crippen LogP contribution in [-0.4, -0.2) is 39.8 Å². The van der Waals surface area contributed by atoms with Crippen molar-refractivity contribution in [1.29, 1.82) is 0 Å². The van der Waals surface area contributed by atoms with Gasteiger partial charge in [0.2, 0.25) is 5.91 Å². The number of carbonyl (C=O) groups is 2. The molecule has 6 heteroatoms. The standard InChI is InChI=1S/C28H31NO5/c30-19-25(17-21-11-15-26(31)16-12-21)29-28(34)24(18-27(32)33)8-4-5-20-9-13-23(14-10-20)22-6-2-1-3-7-22/h1-3,6-7,9-16,24-25,30-31H,4-5,8,17-19H2,(H,29,34)(H,32,33)/t24?,25-/m1/s1. The Bertz CT molecular complexity index is 1050. The molecular weight excluding hydrogens is 430 g/mol. The first-order valence-corrected chi connectivity index (χ1v) is 11.5. The first-order valence-electron chi connectivity index (χ1n) is 11.5. The smallest absolute Gasteiger partial charge is 0.304 e. The number of aryl methyl sites for hydroxylation is 1. The van der Waals surface area contributed by atoms with Crippen LogP contribution in [0.3, 0.4) is 0 Å². The van der Waals surface area contributed by atoms with Crippen LogP contribution < -0.4 is 5.32 Å². The highest BCUT2D eigenvalue weighted by molar-refractivity contribution is 5.83. The summed E-state index contributed by atoms with van der Waals surface area (Å²) in [5.74, 6) is -1.91. The van der Waals surface area contributed by atoms with Crippen LogP contribution in [0.1, 0.15) is 30.4 Å². The molecule has 0 aliphatic carbocycles. The third-order valence-corrected chi connectivity index (χ3v) is 5.86. The highest BCUT2D eigenvalue weighted by atomic mass is 16.4. The molecule has 1 unspecified atom stereocenters. The summed E-state index contributed by atoms with van der Waals surface area (Å²) in [6, 6.07) is 24.4. The number of carbonyl (C=O) groups excluding carboxylic acids is 1. The fourth-order valence-electron chi connectivity index (χ4n) is 3.98. The van der Waals surface area contributed by atoms with Crippen LogP contribution in [0, 0.1) is 5.92 Å². The molecule has 0 fully saturated rings. The van der Waals surface area contributed by atoms with Crippen LogP contribution in [-0.2, 0) is 22.4 Å². The Hall–Kier alpha value is -3.64. The van der Waals surface area contributed by atoms with Crippen LogP contribution >= 0.6 is 0 Å². The van der Waals surface area contributed by atoms with E-state index in [0.29, 0.717) is 19.3 Å². The molecule has 1 amide bonds. The van der Waals surface area contributed by atoms with Crippen molar-refractivity contribution in [3.05, 3.63) is 90.0 Å². The van der Waals surface area contributed by atoms with Crippen LogP contribution in [0.4, 0.5) is 0 Å². The molecule has 3 aromatic carbocycles. The highest BCUT2D eigenvalue weighted by Crippen LogP contribution is 2.21. The van der Waals surface area contributed by atoms with Crippen molar-refractivity contribution < 1.29 is 24.9 Å². The number of benzene rings is 3. The van der Waals surface area contributed by atoms with Crippen molar-refractivity contribution in [2.75, 3.05) is 6.61 Å². The van der Waals surface area contributed by atoms with Gasteiger partial charge in [-0.05, 0) is 60.1 Å². The molecule has 3 rings (SSSR count). The molecule has 6 nitrogen and oxygen atoms in total. The molecule has 0 saturated carbocycles. The summed E-state index contributed by atoms with van der Waals surface area (Å²) >= 11 is 0. The van der Waals surface area contributed by atoms with E-state index >= 15 is 0 Å². The quantitative estimate of drug-likeness (QED) is 0.324. The van der Waals surface area contributed by atoms with Crippen molar-refractivity contribution in [3.63, 3.8) is 0 Å². The van der Waals surface area contributed by atoms with E-state index < -0.39 is 17.9 Å². The summed E-state index contributed by atoms with van der Waals surface area (Å²) in [5.41, 5.74) is 4.27. The zero-order chi connectivity index (χ0) is 24.3. The third-order valence-electron chi connectivity index (χ3n) is 5.86. The van der Waals surface area contributed by atoms with Gasteiger partial charge in [-0.3, -0.25) is 9.59 Å². The lowest BCUT2D eigenvalue weighted by molar-refractivity contribution is -0.141. The Labute approximate surface area is 199 Å². The van der Waals surface area contributed by atoms with Crippen molar-refractivity contribution in [2.24, 2.45) is 5.92 Å². The summed E-state index contributed by atoms with van der Waals surface area (Å²) in [6.07, 6.45) is 2.00. The van der Waals surface area contributed by atoms with Gasteiger partial charge in [0.05, 0.1) is 19.1 Å². The first-order chi connectivity index (χ1) is 16.4. The van der Waals surface area contributed by atoms with Gasteiger partial charge in [-0.25, -0.2) is 0 Å². The van der Waals surface area contributed by atoms with E-state index in [0.717, 1.165) is 28.7 Å². The fraction of sp³-hybridized carbons (Fsp3) is 0.286. The lowest BCUT2D eigenvalue weighted by Crippen LogP contribution is -2.42. The predicted molar refractivity (Wildman–Crippen MR) is 131 cm³/mol. The Morgan fingerprint density at radius 1 is 0.824 bits per heavy atom. The van der Waals surface area contributed by atoms with Gasteiger partial charge in [-0.1, -0.05) is 66.7 Å². The Morgan fingerprint density at radius 3 is 2.06 bits per heavy atom. The molecular formula is C28H31NO5. The fourth-order valence-corrected chi connectivity index (χ4v) is 3.98. The number of amides is 1. The monoisotopic (exact) mass is 461 g/mol. The van der Waals surface area contributed by atoms with E-state index in [-0.39, 0.29) is 24.7 Å². The van der Waals surface area contributed by atoms with Crippen LogP contribution in [0.5, 0.6) is 5.75 Å². The zero-order valence-electron chi connectivity index (χ0n) is 19.1. The van der Waals surface area contributed by atoms with Gasteiger partial charge in [-0.15, -0.1) is 0 Å². The van der Waals surface area contributed by atoms with E-state index in [1.165, 1.54) is 0 Å².